The van der Waals surface area contributed by atoms with Gasteiger partial charge in [0.2, 0.25) is 0 Å². The third kappa shape index (κ3) is 5.86. The molecule has 2 aromatic heterocycles. The van der Waals surface area contributed by atoms with Crippen molar-refractivity contribution in [2.24, 2.45) is 11.8 Å². The van der Waals surface area contributed by atoms with Gasteiger partial charge in [-0.15, -0.1) is 6.58 Å². The topological polar surface area (TPSA) is 101 Å². The highest BCUT2D eigenvalue weighted by Crippen LogP contribution is 2.45. The second-order valence-corrected chi connectivity index (χ2v) is 11.5. The van der Waals surface area contributed by atoms with Crippen LogP contribution in [-0.4, -0.2) is 92.7 Å². The average molecular weight is 535 g/mol. The van der Waals surface area contributed by atoms with E-state index >= 15 is 0 Å². The fourth-order valence-corrected chi connectivity index (χ4v) is 6.31. The summed E-state index contributed by atoms with van der Waals surface area (Å²) in [6.07, 6.45) is 4.52. The van der Waals surface area contributed by atoms with Gasteiger partial charge in [0, 0.05) is 50.4 Å². The van der Waals surface area contributed by atoms with Crippen LogP contribution in [-0.2, 0) is 9.47 Å². The number of halogens is 2. The zero-order valence-electron chi connectivity index (χ0n) is 22.3. The van der Waals surface area contributed by atoms with E-state index in [0.29, 0.717) is 31.0 Å². The minimum atomic E-state index is -2.65. The number of aromatic nitrogens is 3. The Hall–Kier alpha value is -2.18. The van der Waals surface area contributed by atoms with Crippen LogP contribution >= 0.6 is 0 Å². The molecule has 5 rings (SSSR count). The lowest BCUT2D eigenvalue weighted by Crippen LogP contribution is -2.54. The molecule has 0 amide bonds. The minimum Gasteiger partial charge on any atom is -0.382 e. The standard InChI is InChI=1S/C27H40F2N6O3/c1-4-19-20(16-37-26(2,3)36)24(21-7-8-22-25(30)31-17-32-35(21)22)38-23(19)15-34-12-9-27(28,29)13-18(34)14-33-10-5-6-11-33/h4,7-8,17-20,23-24,36H,1,5-6,9-16H2,2-3H3,(H2,30,31,32)/t18-,19-,20+,23+,24+/m0/s1. The van der Waals surface area contributed by atoms with Crippen LogP contribution in [0.3, 0.4) is 0 Å². The maximum absolute atomic E-state index is 14.5. The lowest BCUT2D eigenvalue weighted by Gasteiger charge is -2.42. The molecular formula is C27H40F2N6O3. The number of rotatable bonds is 9. The van der Waals surface area contributed by atoms with Gasteiger partial charge in [-0.3, -0.25) is 4.90 Å². The van der Waals surface area contributed by atoms with Gasteiger partial charge in [0.05, 0.1) is 18.4 Å². The van der Waals surface area contributed by atoms with Crippen molar-refractivity contribution in [3.8, 4) is 0 Å². The summed E-state index contributed by atoms with van der Waals surface area (Å²) in [6.45, 7) is 10.9. The minimum absolute atomic E-state index is 0.123. The fourth-order valence-electron chi connectivity index (χ4n) is 6.31. The lowest BCUT2D eigenvalue weighted by molar-refractivity contribution is -0.187. The zero-order chi connectivity index (χ0) is 27.1. The molecular weight excluding hydrogens is 494 g/mol. The van der Waals surface area contributed by atoms with Crippen LogP contribution in [0.5, 0.6) is 0 Å². The van der Waals surface area contributed by atoms with Crippen LogP contribution < -0.4 is 5.73 Å². The van der Waals surface area contributed by atoms with Gasteiger partial charge < -0.3 is 25.2 Å². The third-order valence-electron chi connectivity index (χ3n) is 8.24. The average Bonchev–Trinajstić information content (AvgIpc) is 3.58. The molecule has 3 saturated heterocycles. The van der Waals surface area contributed by atoms with Crippen LogP contribution in [0.15, 0.2) is 31.1 Å². The van der Waals surface area contributed by atoms with E-state index in [-0.39, 0.29) is 43.4 Å². The van der Waals surface area contributed by atoms with E-state index in [1.165, 1.54) is 6.33 Å². The van der Waals surface area contributed by atoms with Gasteiger partial charge >= 0.3 is 0 Å². The number of alkyl halides is 2. The number of nitrogens with two attached hydrogens (primary N) is 1. The van der Waals surface area contributed by atoms with E-state index in [4.69, 9.17) is 15.2 Å². The third-order valence-corrected chi connectivity index (χ3v) is 8.24. The van der Waals surface area contributed by atoms with Crippen molar-refractivity contribution in [2.45, 2.75) is 69.5 Å². The summed E-state index contributed by atoms with van der Waals surface area (Å²) in [5.74, 6) is -3.90. The maximum atomic E-state index is 14.5. The van der Waals surface area contributed by atoms with Gasteiger partial charge in [-0.2, -0.15) is 5.10 Å². The van der Waals surface area contributed by atoms with Crippen molar-refractivity contribution in [1.82, 2.24) is 24.4 Å². The fraction of sp³-hybridized carbons (Fsp3) is 0.704. The number of nitrogen functional groups attached to an aromatic ring is 1. The molecule has 0 aromatic carbocycles. The van der Waals surface area contributed by atoms with E-state index in [9.17, 15) is 13.9 Å². The van der Waals surface area contributed by atoms with Crippen molar-refractivity contribution < 1.29 is 23.4 Å². The number of hydrogen-bond donors (Lipinski definition) is 2. The molecule has 210 valence electrons. The molecule has 0 unspecified atom stereocenters. The van der Waals surface area contributed by atoms with Gasteiger partial charge in [-0.25, -0.2) is 18.3 Å². The van der Waals surface area contributed by atoms with E-state index < -0.39 is 17.8 Å². The summed E-state index contributed by atoms with van der Waals surface area (Å²) in [6, 6.07) is 3.54. The predicted molar refractivity (Wildman–Crippen MR) is 140 cm³/mol. The van der Waals surface area contributed by atoms with E-state index in [2.05, 4.69) is 26.5 Å². The number of anilines is 1. The Bertz CT molecular complexity index is 1120. The van der Waals surface area contributed by atoms with Crippen molar-refractivity contribution in [1.29, 1.82) is 0 Å². The van der Waals surface area contributed by atoms with Crippen molar-refractivity contribution in [2.75, 3.05) is 45.1 Å². The molecule has 38 heavy (non-hydrogen) atoms. The number of likely N-dealkylation sites (tertiary alicyclic amines) is 2. The first-order chi connectivity index (χ1) is 18.0. The Labute approximate surface area is 222 Å². The molecule has 3 N–H and O–H groups in total. The Balaban J connectivity index is 1.41. The van der Waals surface area contributed by atoms with Crippen molar-refractivity contribution in [3.05, 3.63) is 36.8 Å². The van der Waals surface area contributed by atoms with Crippen molar-refractivity contribution in [3.63, 3.8) is 0 Å². The predicted octanol–water partition coefficient (Wildman–Crippen LogP) is 3.11. The Morgan fingerprint density at radius 3 is 2.74 bits per heavy atom. The highest BCUT2D eigenvalue weighted by Gasteiger charge is 2.48. The first-order valence-corrected chi connectivity index (χ1v) is 13.6. The summed E-state index contributed by atoms with van der Waals surface area (Å²) in [4.78, 5) is 8.57. The van der Waals surface area contributed by atoms with Crippen LogP contribution in [0.1, 0.15) is 51.3 Å². The normalized spacial score (nSPS) is 30.8. The summed E-state index contributed by atoms with van der Waals surface area (Å²) in [7, 11) is 0. The number of nitrogens with zero attached hydrogens (tertiary/aromatic N) is 5. The smallest absolute Gasteiger partial charge is 0.250 e. The first kappa shape index (κ1) is 27.4. The number of ether oxygens (including phenoxy) is 2. The van der Waals surface area contributed by atoms with E-state index in [1.807, 2.05) is 18.2 Å². The van der Waals surface area contributed by atoms with Crippen LogP contribution in [0.4, 0.5) is 14.6 Å². The lowest BCUT2D eigenvalue weighted by atomic mass is 9.85. The molecule has 0 bridgehead atoms. The molecule has 11 heteroatoms. The molecule has 3 aliphatic heterocycles. The molecule has 5 heterocycles. The first-order valence-electron chi connectivity index (χ1n) is 13.6. The van der Waals surface area contributed by atoms with Gasteiger partial charge in [-0.05, 0) is 51.9 Å². The molecule has 0 saturated carbocycles. The Morgan fingerprint density at radius 1 is 1.26 bits per heavy atom. The van der Waals surface area contributed by atoms with E-state index in [1.54, 1.807) is 18.4 Å². The summed E-state index contributed by atoms with van der Waals surface area (Å²) >= 11 is 0. The number of aliphatic hydroxyl groups is 1. The highest BCUT2D eigenvalue weighted by molar-refractivity contribution is 5.65. The summed E-state index contributed by atoms with van der Waals surface area (Å²) < 4.78 is 43.3. The van der Waals surface area contributed by atoms with Crippen molar-refractivity contribution >= 4 is 11.3 Å². The van der Waals surface area contributed by atoms with Gasteiger partial charge in [0.1, 0.15) is 17.9 Å². The van der Waals surface area contributed by atoms with Gasteiger partial charge in [0.15, 0.2) is 11.6 Å². The number of hydrogen-bond acceptors (Lipinski definition) is 8. The summed E-state index contributed by atoms with van der Waals surface area (Å²) in [5.41, 5.74) is 7.54. The molecule has 5 atom stereocenters. The van der Waals surface area contributed by atoms with Gasteiger partial charge in [-0.1, -0.05) is 6.08 Å². The number of fused-ring (bicyclic) bond motifs is 1. The SMILES string of the molecule is C=C[C@H]1[C@@H](COC(C)(C)O)[C@H](c2ccc3c(N)ncnn23)O[C@@H]1CN1CCC(F)(F)C[C@H]1CN1CCCC1. The molecule has 9 nitrogen and oxygen atoms in total. The molecule has 0 aliphatic carbocycles. The zero-order valence-corrected chi connectivity index (χ0v) is 22.3. The second kappa shape index (κ2) is 10.8. The highest BCUT2D eigenvalue weighted by atomic mass is 19.3. The summed E-state index contributed by atoms with van der Waals surface area (Å²) in [5, 5.41) is 14.7. The van der Waals surface area contributed by atoms with E-state index in [0.717, 1.165) is 31.6 Å². The monoisotopic (exact) mass is 534 g/mol. The molecule has 3 aliphatic rings. The van der Waals surface area contributed by atoms with Crippen LogP contribution in [0.25, 0.3) is 5.52 Å². The molecule has 0 spiro atoms. The van der Waals surface area contributed by atoms with Gasteiger partial charge in [0.25, 0.3) is 5.92 Å². The second-order valence-electron chi connectivity index (χ2n) is 11.5. The molecule has 2 aromatic rings. The molecule has 0 radical (unpaired) electrons. The largest absolute Gasteiger partial charge is 0.382 e. The number of piperidine rings is 1. The Morgan fingerprint density at radius 2 is 2.03 bits per heavy atom. The Kier molecular flexibility index (Phi) is 7.76. The van der Waals surface area contributed by atoms with Crippen LogP contribution in [0, 0.1) is 11.8 Å². The van der Waals surface area contributed by atoms with Crippen LogP contribution in [0.2, 0.25) is 0 Å². The molecule has 3 fully saturated rings. The maximum Gasteiger partial charge on any atom is 0.250 e. The quantitative estimate of drug-likeness (QED) is 0.374.